The summed E-state index contributed by atoms with van der Waals surface area (Å²) in [6.07, 6.45) is -0.574. The molecule has 4 rings (SSSR count). The fourth-order valence-corrected chi connectivity index (χ4v) is 4.22. The van der Waals surface area contributed by atoms with E-state index in [0.29, 0.717) is 24.3 Å². The average Bonchev–Trinajstić information content (AvgIpc) is 3.24. The van der Waals surface area contributed by atoms with Crippen molar-refractivity contribution in [1.29, 1.82) is 0 Å². The van der Waals surface area contributed by atoms with Crippen LogP contribution in [0.1, 0.15) is 57.1 Å². The number of fused-ring (bicyclic) bond motifs is 1. The number of pyridine rings is 1. The van der Waals surface area contributed by atoms with Gasteiger partial charge in [0.25, 0.3) is 6.43 Å². The first-order chi connectivity index (χ1) is 14.5. The van der Waals surface area contributed by atoms with Crippen molar-refractivity contribution in [2.75, 3.05) is 18.4 Å². The molecule has 1 atom stereocenters. The number of nitrogens with zero attached hydrogens (tertiary/aromatic N) is 5. The molecule has 2 aromatic heterocycles. The normalized spacial score (nSPS) is 20.8. The second-order valence-corrected chi connectivity index (χ2v) is 9.40. The maximum Gasteiger partial charge on any atom is 0.410 e. The zero-order valence-electron chi connectivity index (χ0n) is 18.5. The molecule has 8 nitrogen and oxygen atoms in total. The molecule has 1 amide bonds. The summed E-state index contributed by atoms with van der Waals surface area (Å²) in [7, 11) is 1.46. The molecule has 0 unspecified atom stereocenters. The molecule has 0 aromatic carbocycles. The lowest BCUT2D eigenvalue weighted by Crippen LogP contribution is -2.46. The van der Waals surface area contributed by atoms with Crippen molar-refractivity contribution < 1.29 is 18.3 Å². The first-order valence-electron chi connectivity index (χ1n) is 10.4. The van der Waals surface area contributed by atoms with Crippen LogP contribution in [0.2, 0.25) is 0 Å². The number of halogens is 2. The van der Waals surface area contributed by atoms with Crippen LogP contribution in [-0.2, 0) is 18.2 Å². The molecular formula is C21H28F2N6O2. The van der Waals surface area contributed by atoms with E-state index in [2.05, 4.69) is 15.4 Å². The van der Waals surface area contributed by atoms with Crippen molar-refractivity contribution in [3.05, 3.63) is 23.1 Å². The zero-order valence-corrected chi connectivity index (χ0v) is 18.5. The van der Waals surface area contributed by atoms with Gasteiger partial charge in [0.05, 0.1) is 11.2 Å². The number of aromatic nitrogens is 4. The number of hydrogen-bond acceptors (Lipinski definition) is 6. The molecule has 31 heavy (non-hydrogen) atoms. The summed E-state index contributed by atoms with van der Waals surface area (Å²) in [5, 5.41) is 7.70. The summed E-state index contributed by atoms with van der Waals surface area (Å²) in [6, 6.07) is 1.93. The Labute approximate surface area is 180 Å². The van der Waals surface area contributed by atoms with Crippen LogP contribution >= 0.6 is 0 Å². The lowest BCUT2D eigenvalue weighted by molar-refractivity contribution is 0.0285. The fraction of sp³-hybridized carbons (Fsp3) is 0.619. The van der Waals surface area contributed by atoms with E-state index in [9.17, 15) is 13.6 Å². The highest BCUT2D eigenvalue weighted by atomic mass is 19.3. The minimum Gasteiger partial charge on any atom is -0.444 e. The van der Waals surface area contributed by atoms with E-state index in [-0.39, 0.29) is 23.3 Å². The van der Waals surface area contributed by atoms with Gasteiger partial charge < -0.3 is 15.0 Å². The van der Waals surface area contributed by atoms with Gasteiger partial charge in [0, 0.05) is 25.7 Å². The van der Waals surface area contributed by atoms with E-state index in [0.717, 1.165) is 35.3 Å². The number of aryl methyl sites for hydroxylation is 3. The molecule has 0 bridgehead atoms. The van der Waals surface area contributed by atoms with Crippen molar-refractivity contribution in [3.8, 4) is 11.4 Å². The third-order valence-electron chi connectivity index (χ3n) is 5.79. The standard InChI is InChI=1S/C21H28F2N6O2/c1-12-14(17-25-18(15(22)23)28(5)27-17)10-13-6-7-21(26-16(13)24-12)8-9-29(11-21)19(30)31-20(2,3)4/h10,15H,6-9,11H2,1-5H3,(H,24,26)/t21-/m0/s1. The van der Waals surface area contributed by atoms with Crippen molar-refractivity contribution in [1.82, 2.24) is 24.6 Å². The Morgan fingerprint density at radius 2 is 2.03 bits per heavy atom. The SMILES string of the molecule is Cc1nc2c(cc1-c1nc(C(F)F)n(C)n1)CC[C@@]1(CCN(C(=O)OC(C)(C)C)C1)N2. The predicted octanol–water partition coefficient (Wildman–Crippen LogP) is 3.86. The number of amides is 1. The van der Waals surface area contributed by atoms with Gasteiger partial charge in [-0.15, -0.1) is 0 Å². The van der Waals surface area contributed by atoms with Gasteiger partial charge in [0.1, 0.15) is 11.4 Å². The van der Waals surface area contributed by atoms with Gasteiger partial charge in [-0.05, 0) is 58.6 Å². The third kappa shape index (κ3) is 4.20. The first-order valence-corrected chi connectivity index (χ1v) is 10.4. The second-order valence-electron chi connectivity index (χ2n) is 9.40. The van der Waals surface area contributed by atoms with E-state index in [1.807, 2.05) is 33.8 Å². The zero-order chi connectivity index (χ0) is 22.6. The van der Waals surface area contributed by atoms with Crippen LogP contribution in [0, 0.1) is 6.92 Å². The van der Waals surface area contributed by atoms with Crippen LogP contribution in [0.4, 0.5) is 19.4 Å². The Hall–Kier alpha value is -2.78. The largest absolute Gasteiger partial charge is 0.444 e. The maximum atomic E-state index is 13.1. The highest BCUT2D eigenvalue weighted by Gasteiger charge is 2.43. The van der Waals surface area contributed by atoms with Gasteiger partial charge >= 0.3 is 6.09 Å². The molecule has 168 valence electrons. The Morgan fingerprint density at radius 1 is 1.29 bits per heavy atom. The average molecular weight is 434 g/mol. The fourth-order valence-electron chi connectivity index (χ4n) is 4.22. The summed E-state index contributed by atoms with van der Waals surface area (Å²) in [5.74, 6) is 0.656. The summed E-state index contributed by atoms with van der Waals surface area (Å²) in [6.45, 7) is 8.58. The van der Waals surface area contributed by atoms with Crippen molar-refractivity contribution in [2.24, 2.45) is 7.05 Å². The second kappa shape index (κ2) is 7.42. The van der Waals surface area contributed by atoms with Gasteiger partial charge in [-0.25, -0.2) is 28.2 Å². The summed E-state index contributed by atoms with van der Waals surface area (Å²) >= 11 is 0. The molecule has 4 heterocycles. The van der Waals surface area contributed by atoms with E-state index in [4.69, 9.17) is 9.72 Å². The third-order valence-corrected chi connectivity index (χ3v) is 5.79. The molecule has 1 fully saturated rings. The van der Waals surface area contributed by atoms with Crippen LogP contribution in [-0.4, -0.2) is 55.0 Å². The van der Waals surface area contributed by atoms with Crippen LogP contribution in [0.25, 0.3) is 11.4 Å². The minimum absolute atomic E-state index is 0.239. The molecule has 2 aromatic rings. The molecule has 0 radical (unpaired) electrons. The topological polar surface area (TPSA) is 85.2 Å². The number of hydrogen-bond donors (Lipinski definition) is 1. The summed E-state index contributed by atoms with van der Waals surface area (Å²) < 4.78 is 32.8. The number of carbonyl (C=O) groups excluding carboxylic acids is 1. The number of anilines is 1. The smallest absolute Gasteiger partial charge is 0.410 e. The van der Waals surface area contributed by atoms with Crippen molar-refractivity contribution in [2.45, 2.75) is 64.5 Å². The summed E-state index contributed by atoms with van der Waals surface area (Å²) in [4.78, 5) is 22.9. The van der Waals surface area contributed by atoms with E-state index < -0.39 is 12.0 Å². The number of alkyl halides is 2. The highest BCUT2D eigenvalue weighted by molar-refractivity contribution is 5.70. The Bertz CT molecular complexity index is 1020. The summed E-state index contributed by atoms with van der Waals surface area (Å²) in [5.41, 5.74) is 1.54. The van der Waals surface area contributed by atoms with Gasteiger partial charge in [-0.2, -0.15) is 5.10 Å². The molecular weight excluding hydrogens is 406 g/mol. The number of likely N-dealkylation sites (tertiary alicyclic amines) is 1. The van der Waals surface area contributed by atoms with E-state index >= 15 is 0 Å². The van der Waals surface area contributed by atoms with Gasteiger partial charge in [-0.1, -0.05) is 0 Å². The van der Waals surface area contributed by atoms with E-state index in [1.54, 1.807) is 4.90 Å². The number of ether oxygens (including phenoxy) is 1. The number of carbonyl (C=O) groups is 1. The first kappa shape index (κ1) is 21.5. The maximum absolute atomic E-state index is 13.1. The Morgan fingerprint density at radius 3 is 2.68 bits per heavy atom. The molecule has 2 aliphatic rings. The quantitative estimate of drug-likeness (QED) is 0.773. The van der Waals surface area contributed by atoms with Crippen molar-refractivity contribution in [3.63, 3.8) is 0 Å². The molecule has 1 saturated heterocycles. The van der Waals surface area contributed by atoms with Crippen LogP contribution in [0.15, 0.2) is 6.07 Å². The monoisotopic (exact) mass is 434 g/mol. The van der Waals surface area contributed by atoms with Crippen LogP contribution in [0.5, 0.6) is 0 Å². The minimum atomic E-state index is -2.69. The van der Waals surface area contributed by atoms with Gasteiger partial charge in [0.15, 0.2) is 11.6 Å². The number of rotatable bonds is 2. The van der Waals surface area contributed by atoms with Crippen molar-refractivity contribution >= 4 is 11.9 Å². The van der Waals surface area contributed by atoms with E-state index in [1.165, 1.54) is 7.05 Å². The molecule has 10 heteroatoms. The van der Waals surface area contributed by atoms with Crippen LogP contribution < -0.4 is 5.32 Å². The predicted molar refractivity (Wildman–Crippen MR) is 111 cm³/mol. The Balaban J connectivity index is 1.54. The molecule has 1 spiro atoms. The van der Waals surface area contributed by atoms with Crippen LogP contribution in [0.3, 0.4) is 0 Å². The lowest BCUT2D eigenvalue weighted by atomic mass is 9.86. The molecule has 0 saturated carbocycles. The molecule has 2 aliphatic heterocycles. The number of nitrogens with one attached hydrogen (secondary N) is 1. The lowest BCUT2D eigenvalue weighted by Gasteiger charge is -2.36. The highest BCUT2D eigenvalue weighted by Crippen LogP contribution is 2.38. The van der Waals surface area contributed by atoms with Gasteiger partial charge in [0.2, 0.25) is 0 Å². The molecule has 0 aliphatic carbocycles. The molecule has 1 N–H and O–H groups in total. The Kier molecular flexibility index (Phi) is 5.13. The van der Waals surface area contributed by atoms with Gasteiger partial charge in [-0.3, -0.25) is 0 Å².